The van der Waals surface area contributed by atoms with Crippen molar-refractivity contribution in [2.45, 2.75) is 47.1 Å². The van der Waals surface area contributed by atoms with Crippen LogP contribution in [0.5, 0.6) is 0 Å². The molecule has 1 N–H and O–H groups in total. The van der Waals surface area contributed by atoms with E-state index in [1.165, 1.54) is 5.56 Å². The Morgan fingerprint density at radius 1 is 1.00 bits per heavy atom. The smallest absolute Gasteiger partial charge is 0.160 e. The van der Waals surface area contributed by atoms with Crippen LogP contribution >= 0.6 is 0 Å². The van der Waals surface area contributed by atoms with E-state index >= 15 is 0 Å². The van der Waals surface area contributed by atoms with E-state index < -0.39 is 5.60 Å². The third-order valence-electron chi connectivity index (χ3n) is 2.84. The monoisotopic (exact) mass is 273 g/mol. The van der Waals surface area contributed by atoms with Gasteiger partial charge in [0.2, 0.25) is 0 Å². The van der Waals surface area contributed by atoms with Gasteiger partial charge in [0.25, 0.3) is 0 Å². The highest BCUT2D eigenvalue weighted by atomic mass is 16.3. The summed E-state index contributed by atoms with van der Waals surface area (Å²) in [6.07, 6.45) is 3.48. The average Bonchev–Trinajstić information content (AvgIpc) is 2.43. The SMILES string of the molecule is CC.Cc1cnc(-c2ccnc(C(C)(C)O)n2)cc1C. The molecule has 4 heteroatoms. The van der Waals surface area contributed by atoms with E-state index in [0.29, 0.717) is 5.82 Å². The molecule has 0 aliphatic rings. The van der Waals surface area contributed by atoms with Crippen molar-refractivity contribution in [1.82, 2.24) is 15.0 Å². The van der Waals surface area contributed by atoms with Crippen molar-refractivity contribution >= 4 is 0 Å². The zero-order valence-electron chi connectivity index (χ0n) is 13.1. The molecule has 0 aromatic carbocycles. The Morgan fingerprint density at radius 3 is 2.20 bits per heavy atom. The summed E-state index contributed by atoms with van der Waals surface area (Å²) in [6, 6.07) is 3.79. The van der Waals surface area contributed by atoms with Gasteiger partial charge in [-0.1, -0.05) is 13.8 Å². The lowest BCUT2D eigenvalue weighted by molar-refractivity contribution is 0.0688. The van der Waals surface area contributed by atoms with Crippen LogP contribution in [0.1, 0.15) is 44.6 Å². The van der Waals surface area contributed by atoms with Gasteiger partial charge in [0.1, 0.15) is 5.60 Å². The molecule has 4 nitrogen and oxygen atoms in total. The topological polar surface area (TPSA) is 58.9 Å². The van der Waals surface area contributed by atoms with E-state index in [1.807, 2.05) is 40.0 Å². The number of rotatable bonds is 2. The summed E-state index contributed by atoms with van der Waals surface area (Å²) in [6.45, 7) is 11.4. The molecule has 20 heavy (non-hydrogen) atoms. The molecule has 2 rings (SSSR count). The number of aromatic nitrogens is 3. The Balaban J connectivity index is 0.000000956. The van der Waals surface area contributed by atoms with Crippen LogP contribution in [-0.2, 0) is 5.60 Å². The fraction of sp³-hybridized carbons (Fsp3) is 0.438. The van der Waals surface area contributed by atoms with Crippen molar-refractivity contribution in [3.63, 3.8) is 0 Å². The maximum Gasteiger partial charge on any atom is 0.160 e. The maximum atomic E-state index is 9.91. The van der Waals surface area contributed by atoms with Crippen molar-refractivity contribution in [3.05, 3.63) is 41.5 Å². The highest BCUT2D eigenvalue weighted by Crippen LogP contribution is 2.20. The van der Waals surface area contributed by atoms with Crippen LogP contribution in [0.15, 0.2) is 24.5 Å². The molecule has 2 aromatic heterocycles. The molecule has 0 saturated carbocycles. The van der Waals surface area contributed by atoms with Crippen molar-refractivity contribution in [3.8, 4) is 11.4 Å². The van der Waals surface area contributed by atoms with Crippen LogP contribution < -0.4 is 0 Å². The van der Waals surface area contributed by atoms with Crippen LogP contribution in [0.4, 0.5) is 0 Å². The first kappa shape index (κ1) is 16.2. The lowest BCUT2D eigenvalue weighted by atomic mass is 10.1. The van der Waals surface area contributed by atoms with Gasteiger partial charge >= 0.3 is 0 Å². The maximum absolute atomic E-state index is 9.91. The summed E-state index contributed by atoms with van der Waals surface area (Å²) in [5.74, 6) is 0.403. The predicted octanol–water partition coefficient (Wildman–Crippen LogP) is 3.41. The molecule has 0 radical (unpaired) electrons. The first-order valence-electron chi connectivity index (χ1n) is 6.87. The van der Waals surface area contributed by atoms with E-state index in [2.05, 4.69) is 15.0 Å². The summed E-state index contributed by atoms with van der Waals surface area (Å²) >= 11 is 0. The molecule has 2 aromatic rings. The molecule has 0 fully saturated rings. The van der Waals surface area contributed by atoms with Crippen LogP contribution in [-0.4, -0.2) is 20.1 Å². The van der Waals surface area contributed by atoms with Gasteiger partial charge in [-0.25, -0.2) is 9.97 Å². The number of aliphatic hydroxyl groups is 1. The van der Waals surface area contributed by atoms with Gasteiger partial charge in [-0.3, -0.25) is 4.98 Å². The Morgan fingerprint density at radius 2 is 1.65 bits per heavy atom. The van der Waals surface area contributed by atoms with E-state index in [0.717, 1.165) is 17.0 Å². The molecule has 0 spiro atoms. The molecule has 0 amide bonds. The summed E-state index contributed by atoms with van der Waals surface area (Å²) in [4.78, 5) is 12.8. The van der Waals surface area contributed by atoms with E-state index in [4.69, 9.17) is 0 Å². The Kier molecular flexibility index (Phi) is 5.34. The summed E-state index contributed by atoms with van der Waals surface area (Å²) in [5, 5.41) is 9.91. The van der Waals surface area contributed by atoms with Crippen LogP contribution in [0, 0.1) is 13.8 Å². The number of hydrogen-bond acceptors (Lipinski definition) is 4. The molecule has 0 atom stereocenters. The molecule has 108 valence electrons. The molecule has 0 saturated heterocycles. The largest absolute Gasteiger partial charge is 0.382 e. The third kappa shape index (κ3) is 3.84. The second-order valence-electron chi connectivity index (χ2n) is 4.98. The fourth-order valence-electron chi connectivity index (χ4n) is 1.56. The van der Waals surface area contributed by atoms with Gasteiger partial charge in [0, 0.05) is 12.4 Å². The van der Waals surface area contributed by atoms with Crippen LogP contribution in [0.3, 0.4) is 0 Å². The van der Waals surface area contributed by atoms with Crippen LogP contribution in [0.25, 0.3) is 11.4 Å². The third-order valence-corrected chi connectivity index (χ3v) is 2.84. The molecular formula is C16H23N3O. The van der Waals surface area contributed by atoms with Crippen molar-refractivity contribution in [2.24, 2.45) is 0 Å². The second kappa shape index (κ2) is 6.57. The minimum Gasteiger partial charge on any atom is -0.382 e. The zero-order chi connectivity index (χ0) is 15.3. The first-order valence-corrected chi connectivity index (χ1v) is 6.87. The number of hydrogen-bond donors (Lipinski definition) is 1. The van der Waals surface area contributed by atoms with E-state index in [9.17, 15) is 5.11 Å². The standard InChI is InChI=1S/C14H17N3O.C2H6/c1-9-7-12(16-8-10(9)2)11-5-6-15-13(17-11)14(3,4)18;1-2/h5-8,18H,1-4H3;1-2H3. The van der Waals surface area contributed by atoms with Gasteiger partial charge in [-0.15, -0.1) is 0 Å². The van der Waals surface area contributed by atoms with E-state index in [1.54, 1.807) is 26.1 Å². The van der Waals surface area contributed by atoms with Gasteiger partial charge in [0.15, 0.2) is 5.82 Å². The lowest BCUT2D eigenvalue weighted by Crippen LogP contribution is -2.19. The molecular weight excluding hydrogens is 250 g/mol. The molecule has 2 heterocycles. The average molecular weight is 273 g/mol. The molecule has 0 unspecified atom stereocenters. The zero-order valence-corrected chi connectivity index (χ0v) is 13.1. The minimum atomic E-state index is -1.05. The Hall–Kier alpha value is -1.81. The first-order chi connectivity index (χ1) is 9.38. The molecule has 0 bridgehead atoms. The summed E-state index contributed by atoms with van der Waals surface area (Å²) in [7, 11) is 0. The highest BCUT2D eigenvalue weighted by molar-refractivity contribution is 5.55. The molecule has 0 aliphatic carbocycles. The number of nitrogens with zero attached hydrogens (tertiary/aromatic N) is 3. The van der Waals surface area contributed by atoms with Gasteiger partial charge in [0.05, 0.1) is 11.4 Å². The molecule has 0 aliphatic heterocycles. The summed E-state index contributed by atoms with van der Waals surface area (Å²) < 4.78 is 0. The highest BCUT2D eigenvalue weighted by Gasteiger charge is 2.20. The number of aryl methyl sites for hydroxylation is 2. The minimum absolute atomic E-state index is 0.403. The van der Waals surface area contributed by atoms with Crippen LogP contribution in [0.2, 0.25) is 0 Å². The van der Waals surface area contributed by atoms with Gasteiger partial charge in [-0.2, -0.15) is 0 Å². The van der Waals surface area contributed by atoms with E-state index in [-0.39, 0.29) is 0 Å². The normalized spacial score (nSPS) is 10.8. The Labute approximate surface area is 121 Å². The predicted molar refractivity (Wildman–Crippen MR) is 81.3 cm³/mol. The fourth-order valence-corrected chi connectivity index (χ4v) is 1.56. The van der Waals surface area contributed by atoms with Crippen molar-refractivity contribution in [1.29, 1.82) is 0 Å². The van der Waals surface area contributed by atoms with Crippen molar-refractivity contribution in [2.75, 3.05) is 0 Å². The Bertz CT molecular complexity index is 574. The van der Waals surface area contributed by atoms with Crippen molar-refractivity contribution < 1.29 is 5.11 Å². The quantitative estimate of drug-likeness (QED) is 0.911. The number of pyridine rings is 1. The van der Waals surface area contributed by atoms with Gasteiger partial charge < -0.3 is 5.11 Å². The van der Waals surface area contributed by atoms with Gasteiger partial charge in [-0.05, 0) is 51.0 Å². The lowest BCUT2D eigenvalue weighted by Gasteiger charge is -2.15. The second-order valence-corrected chi connectivity index (χ2v) is 4.98. The summed E-state index contributed by atoms with van der Waals surface area (Å²) in [5.41, 5.74) is 2.80.